The molecule has 0 spiro atoms. The van der Waals surface area contributed by atoms with Crippen LogP contribution in [0.4, 0.5) is 0 Å². The lowest BCUT2D eigenvalue weighted by Crippen LogP contribution is -1.73. The van der Waals surface area contributed by atoms with E-state index < -0.39 is 0 Å². The Bertz CT molecular complexity index is 518. The smallest absolute Gasteiger partial charge is 0.0622 e. The van der Waals surface area contributed by atoms with Gasteiger partial charge in [-0.2, -0.15) is 0 Å². The van der Waals surface area contributed by atoms with Crippen molar-refractivity contribution < 1.29 is 8.22 Å². The maximum Gasteiger partial charge on any atom is 0.0623 e. The molecular formula is C12H10. The van der Waals surface area contributed by atoms with Crippen LogP contribution in [0.2, 0.25) is 0 Å². The maximum absolute atomic E-state index is 7.56. The molecule has 0 heterocycles. The fourth-order valence-electron chi connectivity index (χ4n) is 0.955. The zero-order valence-corrected chi connectivity index (χ0v) is 6.31. The summed E-state index contributed by atoms with van der Waals surface area (Å²) >= 11 is 0. The molecule has 0 aliphatic carbocycles. The summed E-state index contributed by atoms with van der Waals surface area (Å²) < 4.78 is 45.1. The monoisotopic (exact) mass is 160 g/mol. The highest BCUT2D eigenvalue weighted by Crippen LogP contribution is 2.17. The van der Waals surface area contributed by atoms with Gasteiger partial charge in [-0.1, -0.05) is 60.5 Å². The minimum absolute atomic E-state index is 0.0643. The van der Waals surface area contributed by atoms with Crippen molar-refractivity contribution in [3.8, 4) is 11.1 Å². The Morgan fingerprint density at radius 1 is 0.583 bits per heavy atom. The van der Waals surface area contributed by atoms with E-state index in [2.05, 4.69) is 0 Å². The minimum Gasteiger partial charge on any atom is -0.0622 e. The fourth-order valence-corrected chi connectivity index (χ4v) is 0.955. The van der Waals surface area contributed by atoms with E-state index in [1.54, 1.807) is 0 Å². The molecule has 2 rings (SSSR count). The first-order valence-corrected chi connectivity index (χ1v) is 3.56. The third kappa shape index (κ3) is 1.37. The van der Waals surface area contributed by atoms with Gasteiger partial charge in [0.2, 0.25) is 0 Å². The van der Waals surface area contributed by atoms with Crippen LogP contribution >= 0.6 is 0 Å². The van der Waals surface area contributed by atoms with Crippen molar-refractivity contribution in [2.24, 2.45) is 0 Å². The molecule has 0 heteroatoms. The van der Waals surface area contributed by atoms with Gasteiger partial charge in [0.15, 0.2) is 0 Å². The Morgan fingerprint density at radius 3 is 1.25 bits per heavy atom. The molecular weight excluding hydrogens is 144 g/mol. The molecule has 2 aromatic rings. The standard InChI is InChI=1S/C12H10/c1-3-7-11(8-4-1)12-9-5-2-6-10-12/h1-10H/i1D,2D,3D,4D,5D,6D. The maximum atomic E-state index is 7.56. The third-order valence-corrected chi connectivity index (χ3v) is 1.53. The van der Waals surface area contributed by atoms with Gasteiger partial charge in [-0.3, -0.25) is 0 Å². The molecule has 12 heavy (non-hydrogen) atoms. The van der Waals surface area contributed by atoms with Gasteiger partial charge < -0.3 is 0 Å². The van der Waals surface area contributed by atoms with E-state index in [9.17, 15) is 0 Å². The van der Waals surface area contributed by atoms with Gasteiger partial charge in [0.05, 0.1) is 8.22 Å². The van der Waals surface area contributed by atoms with Crippen LogP contribution in [0.3, 0.4) is 0 Å². The van der Waals surface area contributed by atoms with Crippen molar-refractivity contribution in [1.82, 2.24) is 0 Å². The van der Waals surface area contributed by atoms with Gasteiger partial charge in [-0.15, -0.1) is 0 Å². The van der Waals surface area contributed by atoms with Crippen LogP contribution in [0.1, 0.15) is 8.22 Å². The summed E-state index contributed by atoms with van der Waals surface area (Å²) in [6, 6.07) is 5.17. The Kier molecular flexibility index (Phi) is 0.822. The molecule has 0 N–H and O–H groups in total. The average molecular weight is 160 g/mol. The first-order chi connectivity index (χ1) is 8.40. The van der Waals surface area contributed by atoms with E-state index in [-0.39, 0.29) is 36.3 Å². The van der Waals surface area contributed by atoms with Gasteiger partial charge in [-0.25, -0.2) is 0 Å². The third-order valence-electron chi connectivity index (χ3n) is 1.53. The summed E-state index contributed by atoms with van der Waals surface area (Å²) in [6.07, 6.45) is 0. The largest absolute Gasteiger partial charge is 0.0623 e. The minimum atomic E-state index is -0.145. The summed E-state index contributed by atoms with van der Waals surface area (Å²) in [5.41, 5.74) is 1.03. The Balaban J connectivity index is 2.63. The number of hydrogen-bond acceptors (Lipinski definition) is 0. The highest BCUT2D eigenvalue weighted by molar-refractivity contribution is 5.62. The van der Waals surface area contributed by atoms with Crippen LogP contribution < -0.4 is 0 Å². The Labute approximate surface area is 80.9 Å². The molecule has 0 atom stereocenters. The van der Waals surface area contributed by atoms with E-state index >= 15 is 0 Å². The van der Waals surface area contributed by atoms with Crippen LogP contribution in [-0.2, 0) is 0 Å². The first-order valence-electron chi connectivity index (χ1n) is 6.56. The molecule has 0 radical (unpaired) electrons. The van der Waals surface area contributed by atoms with Crippen molar-refractivity contribution in [2.75, 3.05) is 0 Å². The summed E-state index contributed by atoms with van der Waals surface area (Å²) in [7, 11) is 0. The van der Waals surface area contributed by atoms with Crippen molar-refractivity contribution in [3.05, 3.63) is 60.5 Å². The van der Waals surface area contributed by atoms with E-state index in [1.165, 1.54) is 24.3 Å². The molecule has 0 saturated heterocycles. The zero-order valence-electron chi connectivity index (χ0n) is 12.3. The second-order valence-corrected chi connectivity index (χ2v) is 2.32. The Hall–Kier alpha value is -1.56. The quantitative estimate of drug-likeness (QED) is 0.600. The predicted octanol–water partition coefficient (Wildman–Crippen LogP) is 3.35. The molecule has 0 aromatic heterocycles. The van der Waals surface area contributed by atoms with Gasteiger partial charge >= 0.3 is 0 Å². The lowest BCUT2D eigenvalue weighted by molar-refractivity contribution is 1.62. The van der Waals surface area contributed by atoms with Crippen LogP contribution in [0, 0.1) is 0 Å². The topological polar surface area (TPSA) is 0 Å². The van der Waals surface area contributed by atoms with Crippen molar-refractivity contribution in [1.29, 1.82) is 0 Å². The molecule has 0 aliphatic rings. The van der Waals surface area contributed by atoms with Crippen LogP contribution in [0.5, 0.6) is 0 Å². The first kappa shape index (κ1) is 3.06. The normalized spacial score (nSPS) is 16.7. The molecule has 0 saturated carbocycles. The fraction of sp³-hybridized carbons (Fsp3) is 0. The van der Waals surface area contributed by atoms with E-state index in [0.29, 0.717) is 11.1 Å². The number of benzene rings is 2. The van der Waals surface area contributed by atoms with Crippen molar-refractivity contribution in [2.45, 2.75) is 0 Å². The lowest BCUT2D eigenvalue weighted by Gasteiger charge is -1.98. The molecule has 0 nitrogen and oxygen atoms in total. The highest BCUT2D eigenvalue weighted by atomic mass is 14.0. The molecule has 0 aliphatic heterocycles. The van der Waals surface area contributed by atoms with Gasteiger partial charge in [0.1, 0.15) is 0 Å². The zero-order chi connectivity index (χ0) is 13.4. The summed E-state index contributed by atoms with van der Waals surface area (Å²) in [5, 5.41) is 0. The molecule has 2 aromatic carbocycles. The SMILES string of the molecule is [2H]c1cc(-c2cc([2H])c([2H])c([2H])c2)cc([2H])c1[2H]. The molecule has 0 amide bonds. The van der Waals surface area contributed by atoms with Crippen LogP contribution in [-0.4, -0.2) is 0 Å². The average Bonchev–Trinajstić information content (AvgIpc) is 2.31. The van der Waals surface area contributed by atoms with Crippen molar-refractivity contribution >= 4 is 0 Å². The molecule has 0 bridgehead atoms. The molecule has 0 fully saturated rings. The Morgan fingerprint density at radius 2 is 0.917 bits per heavy atom. The second-order valence-electron chi connectivity index (χ2n) is 2.32. The highest BCUT2D eigenvalue weighted by Gasteiger charge is 1.91. The van der Waals surface area contributed by atoms with Crippen LogP contribution in [0.25, 0.3) is 11.1 Å². The second kappa shape index (κ2) is 3.22. The number of hydrogen-bond donors (Lipinski definition) is 0. The van der Waals surface area contributed by atoms with Crippen molar-refractivity contribution in [3.63, 3.8) is 0 Å². The summed E-state index contributed by atoms with van der Waals surface area (Å²) in [4.78, 5) is 0. The van der Waals surface area contributed by atoms with E-state index in [0.717, 1.165) is 0 Å². The van der Waals surface area contributed by atoms with E-state index in [1.807, 2.05) is 0 Å². The van der Waals surface area contributed by atoms with Gasteiger partial charge in [-0.05, 0) is 11.1 Å². The number of rotatable bonds is 1. The van der Waals surface area contributed by atoms with Gasteiger partial charge in [0, 0.05) is 0 Å². The van der Waals surface area contributed by atoms with E-state index in [4.69, 9.17) is 8.22 Å². The van der Waals surface area contributed by atoms with Crippen LogP contribution in [0.15, 0.2) is 60.5 Å². The lowest BCUT2D eigenvalue weighted by atomic mass is 10.1. The molecule has 58 valence electrons. The molecule has 0 unspecified atom stereocenters. The van der Waals surface area contributed by atoms with Gasteiger partial charge in [0.25, 0.3) is 0 Å². The summed E-state index contributed by atoms with van der Waals surface area (Å²) in [5.74, 6) is 0. The predicted molar refractivity (Wildman–Crippen MR) is 51.9 cm³/mol. The summed E-state index contributed by atoms with van der Waals surface area (Å²) in [6.45, 7) is 0.